The molecular weight excluding hydrogens is 228 g/mol. The first-order valence-electron chi connectivity index (χ1n) is 4.85. The van der Waals surface area contributed by atoms with Crippen molar-refractivity contribution in [2.24, 2.45) is 0 Å². The fourth-order valence-electron chi connectivity index (χ4n) is 1.27. The van der Waals surface area contributed by atoms with E-state index in [0.717, 1.165) is 5.56 Å². The third kappa shape index (κ3) is 3.00. The highest BCUT2D eigenvalue weighted by Gasteiger charge is 2.10. The lowest BCUT2D eigenvalue weighted by atomic mass is 10.2. The SMILES string of the molecule is CCOc1c(Cl)cc(C=CC=O)cc1OC. The summed E-state index contributed by atoms with van der Waals surface area (Å²) in [5.74, 6) is 1.08. The van der Waals surface area contributed by atoms with E-state index in [9.17, 15) is 4.79 Å². The van der Waals surface area contributed by atoms with Crippen LogP contribution in [0.4, 0.5) is 0 Å². The number of aldehydes is 1. The second kappa shape index (κ2) is 6.18. The second-order valence-corrected chi connectivity index (χ2v) is 3.37. The molecule has 1 aromatic carbocycles. The molecule has 0 amide bonds. The minimum Gasteiger partial charge on any atom is -0.493 e. The van der Waals surface area contributed by atoms with Gasteiger partial charge in [-0.1, -0.05) is 17.7 Å². The predicted molar refractivity (Wildman–Crippen MR) is 64.3 cm³/mol. The van der Waals surface area contributed by atoms with E-state index in [-0.39, 0.29) is 0 Å². The van der Waals surface area contributed by atoms with Crippen LogP contribution < -0.4 is 9.47 Å². The van der Waals surface area contributed by atoms with Crippen LogP contribution >= 0.6 is 11.6 Å². The topological polar surface area (TPSA) is 35.5 Å². The highest BCUT2D eigenvalue weighted by atomic mass is 35.5. The Morgan fingerprint density at radius 3 is 2.75 bits per heavy atom. The molecule has 0 radical (unpaired) electrons. The largest absolute Gasteiger partial charge is 0.493 e. The van der Waals surface area contributed by atoms with Crippen LogP contribution in [0.3, 0.4) is 0 Å². The zero-order valence-corrected chi connectivity index (χ0v) is 9.95. The lowest BCUT2D eigenvalue weighted by Gasteiger charge is -2.11. The monoisotopic (exact) mass is 240 g/mol. The fraction of sp³-hybridized carbons (Fsp3) is 0.250. The normalized spacial score (nSPS) is 10.4. The third-order valence-corrected chi connectivity index (χ3v) is 2.19. The van der Waals surface area contributed by atoms with Crippen LogP contribution in [0.1, 0.15) is 12.5 Å². The van der Waals surface area contributed by atoms with Gasteiger partial charge in [-0.3, -0.25) is 4.79 Å². The maximum atomic E-state index is 10.2. The third-order valence-electron chi connectivity index (χ3n) is 1.91. The average Bonchev–Trinajstić information content (AvgIpc) is 2.29. The van der Waals surface area contributed by atoms with Gasteiger partial charge in [0.05, 0.1) is 18.7 Å². The molecule has 0 N–H and O–H groups in total. The summed E-state index contributed by atoms with van der Waals surface area (Å²) >= 11 is 6.04. The van der Waals surface area contributed by atoms with Gasteiger partial charge in [0.25, 0.3) is 0 Å². The summed E-state index contributed by atoms with van der Waals surface area (Å²) in [7, 11) is 1.54. The molecule has 1 aromatic rings. The molecule has 4 heteroatoms. The first-order valence-corrected chi connectivity index (χ1v) is 5.22. The number of carbonyl (C=O) groups is 1. The number of ether oxygens (including phenoxy) is 2. The van der Waals surface area contributed by atoms with Crippen molar-refractivity contribution in [1.29, 1.82) is 0 Å². The number of carbonyl (C=O) groups excluding carboxylic acids is 1. The second-order valence-electron chi connectivity index (χ2n) is 2.96. The van der Waals surface area contributed by atoms with Crippen molar-refractivity contribution in [3.05, 3.63) is 28.8 Å². The molecule has 0 heterocycles. The van der Waals surface area contributed by atoms with Gasteiger partial charge < -0.3 is 9.47 Å². The summed E-state index contributed by atoms with van der Waals surface area (Å²) in [5.41, 5.74) is 0.789. The van der Waals surface area contributed by atoms with Crippen LogP contribution in [0.15, 0.2) is 18.2 Å². The molecule has 0 fully saturated rings. The van der Waals surface area contributed by atoms with E-state index in [1.807, 2.05) is 6.92 Å². The van der Waals surface area contributed by atoms with Crippen molar-refractivity contribution in [3.63, 3.8) is 0 Å². The molecule has 0 aliphatic heterocycles. The van der Waals surface area contributed by atoms with Gasteiger partial charge >= 0.3 is 0 Å². The van der Waals surface area contributed by atoms with E-state index in [4.69, 9.17) is 21.1 Å². The highest BCUT2D eigenvalue weighted by molar-refractivity contribution is 6.32. The minimum atomic E-state index is 0.465. The Hall–Kier alpha value is -1.48. The molecule has 0 unspecified atom stereocenters. The Kier molecular flexibility index (Phi) is 4.86. The van der Waals surface area contributed by atoms with Crippen molar-refractivity contribution >= 4 is 24.0 Å². The molecular formula is C12H13ClO3. The molecule has 16 heavy (non-hydrogen) atoms. The van der Waals surface area contributed by atoms with Crippen LogP contribution in [-0.2, 0) is 4.79 Å². The Balaban J connectivity index is 3.14. The van der Waals surface area contributed by atoms with Crippen molar-refractivity contribution < 1.29 is 14.3 Å². The maximum absolute atomic E-state index is 10.2. The number of halogens is 1. The van der Waals surface area contributed by atoms with Crippen molar-refractivity contribution in [2.45, 2.75) is 6.92 Å². The number of methoxy groups -OCH3 is 1. The summed E-state index contributed by atoms with van der Waals surface area (Å²) < 4.78 is 10.5. The first-order chi connectivity index (χ1) is 7.72. The number of benzene rings is 1. The molecule has 0 aromatic heterocycles. The van der Waals surface area contributed by atoms with E-state index >= 15 is 0 Å². The summed E-state index contributed by atoms with van der Waals surface area (Å²) in [6.07, 6.45) is 3.75. The van der Waals surface area contributed by atoms with Gasteiger partial charge in [0.1, 0.15) is 6.29 Å². The zero-order valence-electron chi connectivity index (χ0n) is 9.20. The van der Waals surface area contributed by atoms with Gasteiger partial charge in [-0.15, -0.1) is 0 Å². The maximum Gasteiger partial charge on any atom is 0.179 e. The number of hydrogen-bond donors (Lipinski definition) is 0. The number of rotatable bonds is 5. The van der Waals surface area contributed by atoms with Gasteiger partial charge in [-0.05, 0) is 30.7 Å². The molecule has 0 saturated heterocycles. The van der Waals surface area contributed by atoms with Gasteiger partial charge in [0.15, 0.2) is 11.5 Å². The van der Waals surface area contributed by atoms with Crippen LogP contribution in [0, 0.1) is 0 Å². The van der Waals surface area contributed by atoms with Gasteiger partial charge in [-0.25, -0.2) is 0 Å². The summed E-state index contributed by atoms with van der Waals surface area (Å²) in [6.45, 7) is 2.38. The highest BCUT2D eigenvalue weighted by Crippen LogP contribution is 2.36. The summed E-state index contributed by atoms with van der Waals surface area (Å²) in [5, 5.41) is 0.465. The van der Waals surface area contributed by atoms with E-state index in [2.05, 4.69) is 0 Å². The molecule has 0 bridgehead atoms. The van der Waals surface area contributed by atoms with E-state index < -0.39 is 0 Å². The molecule has 86 valence electrons. The standard InChI is InChI=1S/C12H13ClO3/c1-3-16-12-10(13)7-9(5-4-6-14)8-11(12)15-2/h4-8H,3H2,1-2H3. The van der Waals surface area contributed by atoms with Crippen molar-refractivity contribution in [1.82, 2.24) is 0 Å². The van der Waals surface area contributed by atoms with Gasteiger partial charge in [0.2, 0.25) is 0 Å². The van der Waals surface area contributed by atoms with E-state index in [0.29, 0.717) is 29.4 Å². The molecule has 3 nitrogen and oxygen atoms in total. The molecule has 0 saturated carbocycles. The Morgan fingerprint density at radius 1 is 1.44 bits per heavy atom. The van der Waals surface area contributed by atoms with E-state index in [1.165, 1.54) is 6.08 Å². The number of hydrogen-bond acceptors (Lipinski definition) is 3. The lowest BCUT2D eigenvalue weighted by Crippen LogP contribution is -1.96. The Labute approximate surface area is 99.6 Å². The van der Waals surface area contributed by atoms with Crippen LogP contribution in [0.2, 0.25) is 5.02 Å². The van der Waals surface area contributed by atoms with Gasteiger partial charge in [0, 0.05) is 0 Å². The van der Waals surface area contributed by atoms with Crippen LogP contribution in [0.5, 0.6) is 11.5 Å². The summed E-state index contributed by atoms with van der Waals surface area (Å²) in [6, 6.07) is 3.48. The smallest absolute Gasteiger partial charge is 0.179 e. The van der Waals surface area contributed by atoms with Gasteiger partial charge in [-0.2, -0.15) is 0 Å². The molecule has 0 spiro atoms. The van der Waals surface area contributed by atoms with Crippen LogP contribution in [0.25, 0.3) is 6.08 Å². The van der Waals surface area contributed by atoms with Crippen molar-refractivity contribution in [2.75, 3.05) is 13.7 Å². The average molecular weight is 241 g/mol. The Bertz CT molecular complexity index is 399. The minimum absolute atomic E-state index is 0.465. The quantitative estimate of drug-likeness (QED) is 0.586. The molecule has 1 rings (SSSR count). The first kappa shape index (κ1) is 12.6. The molecule has 0 aliphatic carbocycles. The zero-order chi connectivity index (χ0) is 12.0. The predicted octanol–water partition coefficient (Wildman–Crippen LogP) is 2.96. The lowest BCUT2D eigenvalue weighted by molar-refractivity contribution is -0.104. The van der Waals surface area contributed by atoms with Crippen LogP contribution in [-0.4, -0.2) is 20.0 Å². The van der Waals surface area contributed by atoms with E-state index in [1.54, 1.807) is 25.3 Å². The van der Waals surface area contributed by atoms with Crippen molar-refractivity contribution in [3.8, 4) is 11.5 Å². The molecule has 0 aliphatic rings. The Morgan fingerprint density at radius 2 is 2.19 bits per heavy atom. The number of allylic oxidation sites excluding steroid dienone is 1. The fourth-order valence-corrected chi connectivity index (χ4v) is 1.54. The summed E-state index contributed by atoms with van der Waals surface area (Å²) in [4.78, 5) is 10.2. The molecule has 0 atom stereocenters.